The number of ketones is 1. The third-order valence-corrected chi connectivity index (χ3v) is 4.46. The van der Waals surface area contributed by atoms with Crippen LogP contribution in [0.3, 0.4) is 0 Å². The van der Waals surface area contributed by atoms with Crippen LogP contribution in [-0.2, 0) is 6.54 Å². The van der Waals surface area contributed by atoms with Crippen molar-refractivity contribution in [2.45, 2.75) is 39.7 Å². The summed E-state index contributed by atoms with van der Waals surface area (Å²) in [5, 5.41) is 20.2. The monoisotopic (exact) mass is 358 g/mol. The second kappa shape index (κ2) is 8.00. The number of aromatic hydroxyl groups is 1. The van der Waals surface area contributed by atoms with Gasteiger partial charge in [-0.15, -0.1) is 0 Å². The van der Waals surface area contributed by atoms with Crippen LogP contribution >= 0.6 is 11.6 Å². The molecule has 2 rings (SSSR count). The fraction of sp³-hybridized carbons (Fsp3) is 0.316. The van der Waals surface area contributed by atoms with Gasteiger partial charge in [-0.1, -0.05) is 43.5 Å². The van der Waals surface area contributed by atoms with E-state index in [0.29, 0.717) is 6.42 Å². The average molecular weight is 359 g/mol. The predicted molar refractivity (Wildman–Crippen MR) is 96.2 cm³/mol. The number of benzene rings is 1. The van der Waals surface area contributed by atoms with Gasteiger partial charge in [0, 0.05) is 12.1 Å². The first-order chi connectivity index (χ1) is 11.9. The molecule has 0 amide bonds. The maximum atomic E-state index is 12.9. The van der Waals surface area contributed by atoms with Gasteiger partial charge in [-0.3, -0.25) is 14.2 Å². The second-order valence-corrected chi connectivity index (χ2v) is 6.19. The molecule has 5 nitrogen and oxygen atoms in total. The summed E-state index contributed by atoms with van der Waals surface area (Å²) in [4.78, 5) is 25.4. The maximum absolute atomic E-state index is 12.9. The summed E-state index contributed by atoms with van der Waals surface area (Å²) in [6, 6.07) is 8.32. The second-order valence-electron chi connectivity index (χ2n) is 5.78. The molecule has 0 saturated heterocycles. The van der Waals surface area contributed by atoms with Crippen molar-refractivity contribution in [3.8, 4) is 11.9 Å². The van der Waals surface area contributed by atoms with E-state index in [0.717, 1.165) is 17.4 Å². The number of carbonyl (C=O) groups is 1. The zero-order valence-electron chi connectivity index (χ0n) is 14.2. The number of pyridine rings is 1. The van der Waals surface area contributed by atoms with Crippen molar-refractivity contribution in [2.24, 2.45) is 0 Å². The van der Waals surface area contributed by atoms with Gasteiger partial charge in [-0.05, 0) is 31.0 Å². The molecule has 0 radical (unpaired) electrons. The Morgan fingerprint density at radius 3 is 2.60 bits per heavy atom. The number of hydrogen-bond donors (Lipinski definition) is 1. The quantitative estimate of drug-likeness (QED) is 0.628. The minimum Gasteiger partial charge on any atom is -0.494 e. The first-order valence-electron chi connectivity index (χ1n) is 8.09. The first kappa shape index (κ1) is 18.8. The fourth-order valence-corrected chi connectivity index (χ4v) is 2.95. The molecule has 1 heterocycles. The number of nitrogens with zero attached hydrogens (tertiary/aromatic N) is 2. The van der Waals surface area contributed by atoms with Gasteiger partial charge in [0.25, 0.3) is 5.56 Å². The fourth-order valence-electron chi connectivity index (χ4n) is 2.73. The molecule has 0 bridgehead atoms. The standard InChI is InChI=1S/C19H19ClN2O3/c1-3-4-7-10-22-18(24)14(11-21)12(2)16(19(22)25)17(23)13-8-5-6-9-15(13)20/h5-6,8-9,25H,3-4,7,10H2,1-2H3. The summed E-state index contributed by atoms with van der Waals surface area (Å²) in [7, 11) is 0. The maximum Gasteiger partial charge on any atom is 0.271 e. The van der Waals surface area contributed by atoms with Crippen molar-refractivity contribution in [3.05, 3.63) is 61.9 Å². The summed E-state index contributed by atoms with van der Waals surface area (Å²) in [5.41, 5.74) is -0.387. The molecule has 0 unspecified atom stereocenters. The molecule has 0 saturated carbocycles. The highest BCUT2D eigenvalue weighted by Crippen LogP contribution is 2.27. The number of nitriles is 1. The number of hydrogen-bond acceptors (Lipinski definition) is 4. The average Bonchev–Trinajstić information content (AvgIpc) is 2.58. The van der Waals surface area contributed by atoms with Crippen LogP contribution < -0.4 is 5.56 Å². The minimum atomic E-state index is -0.579. The molecule has 130 valence electrons. The Labute approximate surface area is 151 Å². The molecular formula is C19H19ClN2O3. The van der Waals surface area contributed by atoms with Crippen molar-refractivity contribution < 1.29 is 9.90 Å². The highest BCUT2D eigenvalue weighted by Gasteiger charge is 2.25. The molecule has 0 spiro atoms. The Balaban J connectivity index is 2.67. The summed E-state index contributed by atoms with van der Waals surface area (Å²) < 4.78 is 1.10. The molecule has 0 aliphatic rings. The minimum absolute atomic E-state index is 0.0549. The topological polar surface area (TPSA) is 83.1 Å². The van der Waals surface area contributed by atoms with Crippen LogP contribution in [0.25, 0.3) is 0 Å². The smallest absolute Gasteiger partial charge is 0.271 e. The lowest BCUT2D eigenvalue weighted by molar-refractivity contribution is 0.103. The molecule has 25 heavy (non-hydrogen) atoms. The number of rotatable bonds is 6. The Morgan fingerprint density at radius 1 is 1.32 bits per heavy atom. The molecular weight excluding hydrogens is 340 g/mol. The van der Waals surface area contributed by atoms with Gasteiger partial charge >= 0.3 is 0 Å². The Bertz CT molecular complexity index is 910. The molecule has 0 atom stereocenters. The summed E-state index contributed by atoms with van der Waals surface area (Å²) in [6.45, 7) is 3.75. The predicted octanol–water partition coefficient (Wildman–Crippen LogP) is 3.81. The van der Waals surface area contributed by atoms with Gasteiger partial charge in [-0.2, -0.15) is 5.26 Å². The lowest BCUT2D eigenvalue weighted by Crippen LogP contribution is -2.27. The van der Waals surface area contributed by atoms with Crippen LogP contribution in [0, 0.1) is 18.3 Å². The zero-order valence-corrected chi connectivity index (χ0v) is 14.9. The first-order valence-corrected chi connectivity index (χ1v) is 8.47. The summed E-state index contributed by atoms with van der Waals surface area (Å²) in [5.74, 6) is -0.927. The van der Waals surface area contributed by atoms with Crippen molar-refractivity contribution >= 4 is 17.4 Å². The van der Waals surface area contributed by atoms with Crippen LogP contribution in [0.5, 0.6) is 5.88 Å². The van der Waals surface area contributed by atoms with Gasteiger partial charge in [0.1, 0.15) is 11.6 Å². The van der Waals surface area contributed by atoms with Gasteiger partial charge in [-0.25, -0.2) is 0 Å². The van der Waals surface area contributed by atoms with E-state index >= 15 is 0 Å². The largest absolute Gasteiger partial charge is 0.494 e. The van der Waals surface area contributed by atoms with Crippen molar-refractivity contribution in [1.82, 2.24) is 4.57 Å². The van der Waals surface area contributed by atoms with Crippen LogP contribution in [0.15, 0.2) is 29.1 Å². The Hall–Kier alpha value is -2.58. The number of carbonyl (C=O) groups excluding carboxylic acids is 1. The van der Waals surface area contributed by atoms with Crippen molar-refractivity contribution in [2.75, 3.05) is 0 Å². The SMILES string of the molecule is CCCCCn1c(O)c(C(=O)c2ccccc2Cl)c(C)c(C#N)c1=O. The Morgan fingerprint density at radius 2 is 2.00 bits per heavy atom. The molecule has 2 aromatic rings. The van der Waals surface area contributed by atoms with E-state index in [4.69, 9.17) is 11.6 Å². The zero-order chi connectivity index (χ0) is 18.6. The summed E-state index contributed by atoms with van der Waals surface area (Å²) in [6.07, 6.45) is 2.48. The highest BCUT2D eigenvalue weighted by atomic mass is 35.5. The van der Waals surface area contributed by atoms with Crippen molar-refractivity contribution in [1.29, 1.82) is 5.26 Å². The van der Waals surface area contributed by atoms with E-state index in [1.807, 2.05) is 13.0 Å². The van der Waals surface area contributed by atoms with Gasteiger partial charge < -0.3 is 5.11 Å². The number of halogens is 1. The highest BCUT2D eigenvalue weighted by molar-refractivity contribution is 6.35. The molecule has 1 aromatic carbocycles. The van der Waals surface area contributed by atoms with Crippen LogP contribution in [0.2, 0.25) is 5.02 Å². The third-order valence-electron chi connectivity index (χ3n) is 4.13. The van der Waals surface area contributed by atoms with E-state index in [1.165, 1.54) is 6.92 Å². The normalized spacial score (nSPS) is 10.5. The van der Waals surface area contributed by atoms with E-state index in [1.54, 1.807) is 24.3 Å². The van der Waals surface area contributed by atoms with E-state index in [2.05, 4.69) is 0 Å². The van der Waals surface area contributed by atoms with Gasteiger partial charge in [0.05, 0.1) is 10.6 Å². The van der Waals surface area contributed by atoms with Crippen LogP contribution in [-0.4, -0.2) is 15.5 Å². The third kappa shape index (κ3) is 3.59. The van der Waals surface area contributed by atoms with Crippen molar-refractivity contribution in [3.63, 3.8) is 0 Å². The molecule has 0 aliphatic carbocycles. The molecule has 1 aromatic heterocycles. The summed E-state index contributed by atoms with van der Waals surface area (Å²) >= 11 is 6.08. The molecule has 6 heteroatoms. The number of unbranched alkanes of at least 4 members (excludes halogenated alkanes) is 2. The lowest BCUT2D eigenvalue weighted by Gasteiger charge is -2.15. The van der Waals surface area contributed by atoms with E-state index < -0.39 is 17.2 Å². The van der Waals surface area contributed by atoms with E-state index in [9.17, 15) is 20.0 Å². The van der Waals surface area contributed by atoms with Crippen LogP contribution in [0.1, 0.15) is 53.2 Å². The van der Waals surface area contributed by atoms with Gasteiger partial charge in [0.2, 0.25) is 5.88 Å². The van der Waals surface area contributed by atoms with E-state index in [-0.39, 0.29) is 33.8 Å². The molecule has 1 N–H and O–H groups in total. The van der Waals surface area contributed by atoms with Crippen LogP contribution in [0.4, 0.5) is 0 Å². The molecule has 0 aliphatic heterocycles. The molecule has 0 fully saturated rings. The van der Waals surface area contributed by atoms with Gasteiger partial charge in [0.15, 0.2) is 5.78 Å². The lowest BCUT2D eigenvalue weighted by atomic mass is 9.97. The Kier molecular flexibility index (Phi) is 6.00. The number of aromatic nitrogens is 1.